The van der Waals surface area contributed by atoms with E-state index in [0.29, 0.717) is 6.54 Å². The summed E-state index contributed by atoms with van der Waals surface area (Å²) in [6.45, 7) is 2.63. The summed E-state index contributed by atoms with van der Waals surface area (Å²) in [4.78, 5) is 16.8. The van der Waals surface area contributed by atoms with E-state index in [1.54, 1.807) is 0 Å². The van der Waals surface area contributed by atoms with Gasteiger partial charge in [-0.1, -0.05) is 31.2 Å². The van der Waals surface area contributed by atoms with Gasteiger partial charge in [-0.2, -0.15) is 0 Å². The Kier molecular flexibility index (Phi) is 9.49. The Balaban J connectivity index is 1.71. The average molecular weight is 539 g/mol. The van der Waals surface area contributed by atoms with E-state index < -0.39 is 39.7 Å². The van der Waals surface area contributed by atoms with Crippen molar-refractivity contribution in [3.63, 3.8) is 0 Å². The predicted molar refractivity (Wildman–Crippen MR) is 135 cm³/mol. The van der Waals surface area contributed by atoms with Crippen molar-refractivity contribution in [2.45, 2.75) is 38.5 Å². The molecule has 1 amide bonds. The summed E-state index contributed by atoms with van der Waals surface area (Å²) in [5.41, 5.74) is 2.41. The molecular weight excluding hydrogens is 510 g/mol. The maximum atomic E-state index is 13.7. The molecule has 0 aliphatic rings. The predicted octanol–water partition coefficient (Wildman–Crippen LogP) is 2.85. The number of halogens is 2. The van der Waals surface area contributed by atoms with Crippen molar-refractivity contribution < 1.29 is 27.1 Å². The molecule has 1 aromatic heterocycles. The van der Waals surface area contributed by atoms with E-state index in [-0.39, 0.29) is 29.4 Å². The number of hydrogen-bond donors (Lipinski definition) is 4. The normalized spacial score (nSPS) is 13.2. The van der Waals surface area contributed by atoms with Crippen LogP contribution in [0, 0.1) is 11.6 Å². The third kappa shape index (κ3) is 8.63. The Morgan fingerprint density at radius 1 is 1.11 bits per heavy atom. The zero-order valence-corrected chi connectivity index (χ0v) is 21.4. The molecular formula is C24H28F2N4O4S2. The van der Waals surface area contributed by atoms with E-state index in [1.165, 1.54) is 10.9 Å². The topological polar surface area (TPSA) is 120 Å². The van der Waals surface area contributed by atoms with Crippen LogP contribution >= 0.6 is 11.3 Å². The summed E-state index contributed by atoms with van der Waals surface area (Å²) in [6.07, 6.45) is 0.700. The molecule has 12 heteroatoms. The molecule has 0 radical (unpaired) electrons. The molecule has 0 aliphatic heterocycles. The van der Waals surface area contributed by atoms with Crippen molar-refractivity contribution in [1.82, 2.24) is 15.6 Å². The van der Waals surface area contributed by atoms with E-state index in [1.807, 2.05) is 18.2 Å². The minimum Gasteiger partial charge on any atom is -0.390 e. The molecule has 194 valence electrons. The fraction of sp³-hybridized carbons (Fsp3) is 0.333. The second kappa shape index (κ2) is 12.3. The third-order valence-electron chi connectivity index (χ3n) is 5.25. The molecule has 0 aliphatic carbocycles. The van der Waals surface area contributed by atoms with Crippen molar-refractivity contribution in [3.8, 4) is 0 Å². The number of carbonyl (C=O) groups excluding carboxylic acids is 1. The number of aryl methyl sites for hydroxylation is 1. The summed E-state index contributed by atoms with van der Waals surface area (Å²) in [5, 5.41) is 18.1. The summed E-state index contributed by atoms with van der Waals surface area (Å²) >= 11 is 0.926. The van der Waals surface area contributed by atoms with Gasteiger partial charge in [-0.25, -0.2) is 22.2 Å². The standard InChI is InChI=1S/C24H28F2N4O4S2/c1-3-15-5-4-6-16(7-15)12-27-13-22(31)20(10-17-8-18(25)11-19(26)9-17)28-23(32)21-14-35-24(29-21)30-36(2,33)34/h4-9,11,14,20,22,27,31H,3,10,12-13H2,1-2H3,(H,28,32)(H,29,30)/t20-,22+/m0/s1. The minimum absolute atomic E-state index is 0.0166. The highest BCUT2D eigenvalue weighted by Gasteiger charge is 2.24. The zero-order chi connectivity index (χ0) is 26.3. The van der Waals surface area contributed by atoms with Gasteiger partial charge in [0.15, 0.2) is 5.13 Å². The molecule has 0 saturated carbocycles. The molecule has 36 heavy (non-hydrogen) atoms. The maximum Gasteiger partial charge on any atom is 0.271 e. The van der Waals surface area contributed by atoms with Gasteiger partial charge in [0.2, 0.25) is 10.0 Å². The fourth-order valence-corrected chi connectivity index (χ4v) is 5.10. The number of aromatic nitrogens is 1. The zero-order valence-electron chi connectivity index (χ0n) is 19.8. The van der Waals surface area contributed by atoms with E-state index in [0.717, 1.165) is 47.8 Å². The molecule has 0 fully saturated rings. The van der Waals surface area contributed by atoms with Crippen LogP contribution in [-0.2, 0) is 29.4 Å². The highest BCUT2D eigenvalue weighted by atomic mass is 32.2. The van der Waals surface area contributed by atoms with Crippen LogP contribution in [0.2, 0.25) is 0 Å². The first-order valence-electron chi connectivity index (χ1n) is 11.2. The van der Waals surface area contributed by atoms with Gasteiger partial charge in [0.25, 0.3) is 5.91 Å². The lowest BCUT2D eigenvalue weighted by molar-refractivity contribution is 0.0826. The first kappa shape index (κ1) is 27.7. The monoisotopic (exact) mass is 538 g/mol. The molecule has 2 aromatic carbocycles. The Bertz CT molecular complexity index is 1280. The molecule has 0 spiro atoms. The average Bonchev–Trinajstić information content (AvgIpc) is 3.25. The van der Waals surface area contributed by atoms with Gasteiger partial charge < -0.3 is 15.7 Å². The van der Waals surface area contributed by atoms with Gasteiger partial charge in [-0.3, -0.25) is 9.52 Å². The van der Waals surface area contributed by atoms with Gasteiger partial charge in [-0.15, -0.1) is 11.3 Å². The van der Waals surface area contributed by atoms with E-state index in [2.05, 4.69) is 33.3 Å². The number of carbonyl (C=O) groups is 1. The highest BCUT2D eigenvalue weighted by Crippen LogP contribution is 2.17. The van der Waals surface area contributed by atoms with Crippen molar-refractivity contribution >= 4 is 32.4 Å². The lowest BCUT2D eigenvalue weighted by atomic mass is 10.00. The quantitative estimate of drug-likeness (QED) is 0.282. The number of sulfonamides is 1. The van der Waals surface area contributed by atoms with Crippen LogP contribution in [0.4, 0.5) is 13.9 Å². The molecule has 3 aromatic rings. The third-order valence-corrected chi connectivity index (χ3v) is 6.70. The minimum atomic E-state index is -3.57. The summed E-state index contributed by atoms with van der Waals surface area (Å²) < 4.78 is 52.4. The van der Waals surface area contributed by atoms with Crippen molar-refractivity contribution in [2.75, 3.05) is 17.5 Å². The number of thiazole rings is 1. The number of nitrogens with zero attached hydrogens (tertiary/aromatic N) is 1. The van der Waals surface area contributed by atoms with Crippen LogP contribution in [0.25, 0.3) is 0 Å². The van der Waals surface area contributed by atoms with Crippen LogP contribution in [0.3, 0.4) is 0 Å². The van der Waals surface area contributed by atoms with Gasteiger partial charge in [-0.05, 0) is 41.7 Å². The number of aliphatic hydroxyl groups excluding tert-OH is 1. The molecule has 0 unspecified atom stereocenters. The highest BCUT2D eigenvalue weighted by molar-refractivity contribution is 7.92. The Morgan fingerprint density at radius 3 is 2.47 bits per heavy atom. The molecule has 3 rings (SSSR count). The van der Waals surface area contributed by atoms with E-state index in [4.69, 9.17) is 0 Å². The number of hydrogen-bond acceptors (Lipinski definition) is 7. The molecule has 0 saturated heterocycles. The first-order chi connectivity index (χ1) is 17.0. The molecule has 1 heterocycles. The van der Waals surface area contributed by atoms with Crippen molar-refractivity contribution in [3.05, 3.63) is 81.9 Å². The second-order valence-corrected chi connectivity index (χ2v) is 11.0. The van der Waals surface area contributed by atoms with Gasteiger partial charge in [0, 0.05) is 24.5 Å². The number of anilines is 1. The van der Waals surface area contributed by atoms with E-state index in [9.17, 15) is 27.1 Å². The number of rotatable bonds is 12. The van der Waals surface area contributed by atoms with Crippen molar-refractivity contribution in [2.24, 2.45) is 0 Å². The maximum absolute atomic E-state index is 13.7. The van der Waals surface area contributed by atoms with Crippen LogP contribution in [0.15, 0.2) is 47.8 Å². The van der Waals surface area contributed by atoms with Crippen LogP contribution in [-0.4, -0.2) is 49.4 Å². The van der Waals surface area contributed by atoms with Gasteiger partial charge in [0.05, 0.1) is 18.4 Å². The number of benzene rings is 2. The van der Waals surface area contributed by atoms with Crippen molar-refractivity contribution in [1.29, 1.82) is 0 Å². The smallest absolute Gasteiger partial charge is 0.271 e. The molecule has 4 N–H and O–H groups in total. The lowest BCUT2D eigenvalue weighted by Gasteiger charge is -2.24. The SMILES string of the molecule is CCc1cccc(CNC[C@@H](O)[C@H](Cc2cc(F)cc(F)c2)NC(=O)c2csc(NS(C)(=O)=O)n2)c1. The molecule has 2 atom stereocenters. The number of nitrogens with one attached hydrogen (secondary N) is 3. The Morgan fingerprint density at radius 2 is 1.81 bits per heavy atom. The van der Waals surface area contributed by atoms with Crippen LogP contribution < -0.4 is 15.4 Å². The molecule has 0 bridgehead atoms. The van der Waals surface area contributed by atoms with Crippen LogP contribution in [0.5, 0.6) is 0 Å². The fourth-order valence-electron chi connectivity index (χ4n) is 3.56. The summed E-state index contributed by atoms with van der Waals surface area (Å²) in [7, 11) is -3.57. The van der Waals surface area contributed by atoms with Gasteiger partial charge in [0.1, 0.15) is 17.3 Å². The Hall–Kier alpha value is -2.93. The number of amides is 1. The lowest BCUT2D eigenvalue weighted by Crippen LogP contribution is -2.48. The van der Waals surface area contributed by atoms with Crippen LogP contribution in [0.1, 0.15) is 34.1 Å². The van der Waals surface area contributed by atoms with Gasteiger partial charge >= 0.3 is 0 Å². The summed E-state index contributed by atoms with van der Waals surface area (Å²) in [5.74, 6) is -2.20. The first-order valence-corrected chi connectivity index (χ1v) is 13.9. The Labute approximate surface area is 212 Å². The largest absolute Gasteiger partial charge is 0.390 e. The van der Waals surface area contributed by atoms with E-state index >= 15 is 0 Å². The molecule has 8 nitrogen and oxygen atoms in total. The number of aliphatic hydroxyl groups is 1. The second-order valence-electron chi connectivity index (χ2n) is 8.35. The summed E-state index contributed by atoms with van der Waals surface area (Å²) in [6, 6.07) is 10.1.